The van der Waals surface area contributed by atoms with Crippen molar-refractivity contribution >= 4 is 21.9 Å². The topological polar surface area (TPSA) is 13.1 Å². The van der Waals surface area contributed by atoms with E-state index in [1.54, 1.807) is 12.1 Å². The molecule has 0 aliphatic rings. The minimum Gasteiger partial charge on any atom is -0.456 e. The fourth-order valence-corrected chi connectivity index (χ4v) is 2.63. The van der Waals surface area contributed by atoms with E-state index in [1.807, 2.05) is 31.2 Å². The molecule has 20 heavy (non-hydrogen) atoms. The molecular formula is C19H14O. The average Bonchev–Trinajstić information content (AvgIpc) is 2.99. The molecular weight excluding hydrogens is 244 g/mol. The van der Waals surface area contributed by atoms with Gasteiger partial charge < -0.3 is 4.42 Å². The van der Waals surface area contributed by atoms with Crippen LogP contribution in [0.5, 0.6) is 0 Å². The van der Waals surface area contributed by atoms with Crippen LogP contribution in [-0.2, 0) is 0 Å². The predicted octanol–water partition coefficient (Wildman–Crippen LogP) is 5.56. The van der Waals surface area contributed by atoms with Gasteiger partial charge in [-0.05, 0) is 35.7 Å². The van der Waals surface area contributed by atoms with Crippen LogP contribution in [0.4, 0.5) is 0 Å². The summed E-state index contributed by atoms with van der Waals surface area (Å²) in [5.74, 6) is 0. The third-order valence-corrected chi connectivity index (χ3v) is 3.50. The van der Waals surface area contributed by atoms with Crippen LogP contribution in [0.1, 0.15) is 12.4 Å². The van der Waals surface area contributed by atoms with E-state index in [0.29, 0.717) is 11.1 Å². The first-order valence-electron chi connectivity index (χ1n) is 8.90. The molecule has 1 heterocycles. The molecule has 0 aliphatic carbocycles. The smallest absolute Gasteiger partial charge is 0.136 e. The summed E-state index contributed by atoms with van der Waals surface area (Å²) in [7, 11) is 0. The van der Waals surface area contributed by atoms with E-state index >= 15 is 0 Å². The summed E-state index contributed by atoms with van der Waals surface area (Å²) in [6.45, 7) is 1.97. The molecule has 0 radical (unpaired) electrons. The lowest BCUT2D eigenvalue weighted by atomic mass is 9.98. The van der Waals surface area contributed by atoms with Gasteiger partial charge in [-0.1, -0.05) is 54.5 Å². The van der Waals surface area contributed by atoms with Crippen molar-refractivity contribution < 1.29 is 11.3 Å². The molecule has 0 saturated carbocycles. The second kappa shape index (κ2) is 4.24. The van der Waals surface area contributed by atoms with Gasteiger partial charge in [0.1, 0.15) is 11.2 Å². The number of furan rings is 1. The highest BCUT2D eigenvalue weighted by Crippen LogP contribution is 2.37. The first-order valence-corrected chi connectivity index (χ1v) is 6.40. The van der Waals surface area contributed by atoms with Crippen molar-refractivity contribution in [2.24, 2.45) is 0 Å². The zero-order valence-corrected chi connectivity index (χ0v) is 10.9. The number of hydrogen-bond donors (Lipinski definition) is 0. The van der Waals surface area contributed by atoms with Crippen molar-refractivity contribution in [2.45, 2.75) is 6.92 Å². The van der Waals surface area contributed by atoms with Gasteiger partial charge in [0, 0.05) is 10.8 Å². The van der Waals surface area contributed by atoms with Crippen LogP contribution in [0, 0.1) is 6.92 Å². The van der Waals surface area contributed by atoms with E-state index in [4.69, 9.17) is 11.3 Å². The highest BCUT2D eigenvalue weighted by atomic mass is 16.3. The van der Waals surface area contributed by atoms with Crippen LogP contribution in [0.3, 0.4) is 0 Å². The third kappa shape index (κ3) is 1.56. The lowest BCUT2D eigenvalue weighted by Crippen LogP contribution is -1.80. The zero-order chi connectivity index (χ0) is 17.9. The molecule has 0 fully saturated rings. The molecule has 0 saturated heterocycles. The monoisotopic (exact) mass is 263 g/mol. The van der Waals surface area contributed by atoms with Crippen molar-refractivity contribution in [3.8, 4) is 11.1 Å². The summed E-state index contributed by atoms with van der Waals surface area (Å²) in [4.78, 5) is 0. The maximum absolute atomic E-state index is 8.26. The third-order valence-electron chi connectivity index (χ3n) is 3.50. The van der Waals surface area contributed by atoms with Crippen LogP contribution in [0.25, 0.3) is 33.1 Å². The van der Waals surface area contributed by atoms with Gasteiger partial charge in [0.15, 0.2) is 0 Å². The van der Waals surface area contributed by atoms with Crippen molar-refractivity contribution in [3.63, 3.8) is 0 Å². The number of fused-ring (bicyclic) bond motifs is 3. The molecule has 0 spiro atoms. The molecule has 1 heteroatoms. The largest absolute Gasteiger partial charge is 0.456 e. The summed E-state index contributed by atoms with van der Waals surface area (Å²) >= 11 is 0. The Labute approximate surface area is 124 Å². The molecule has 3 aromatic carbocycles. The van der Waals surface area contributed by atoms with E-state index in [2.05, 4.69) is 0 Å². The van der Waals surface area contributed by atoms with Crippen LogP contribution >= 0.6 is 0 Å². The van der Waals surface area contributed by atoms with Gasteiger partial charge in [-0.2, -0.15) is 0 Å². The molecule has 4 rings (SSSR count). The van der Waals surface area contributed by atoms with Crippen LogP contribution in [0.15, 0.2) is 71.0 Å². The Bertz CT molecular complexity index is 1130. The SMILES string of the molecule is [2H]c1c([2H])c([2H])c(-c2cccc3oc4cccc(C)c4c23)c([2H])c1[2H]. The molecule has 0 aliphatic heterocycles. The van der Waals surface area contributed by atoms with Crippen LogP contribution in [0.2, 0.25) is 0 Å². The van der Waals surface area contributed by atoms with Gasteiger partial charge in [0.05, 0.1) is 6.85 Å². The Balaban J connectivity index is 2.22. The van der Waals surface area contributed by atoms with Gasteiger partial charge in [0.2, 0.25) is 0 Å². The lowest BCUT2D eigenvalue weighted by molar-refractivity contribution is 0.669. The normalized spacial score (nSPS) is 14.8. The number of rotatable bonds is 1. The molecule has 1 nitrogen and oxygen atoms in total. The second-order valence-corrected chi connectivity index (χ2v) is 4.73. The summed E-state index contributed by atoms with van der Waals surface area (Å²) < 4.78 is 46.1. The summed E-state index contributed by atoms with van der Waals surface area (Å²) in [5.41, 5.74) is 3.14. The Morgan fingerprint density at radius 1 is 0.850 bits per heavy atom. The van der Waals surface area contributed by atoms with Gasteiger partial charge in [0.25, 0.3) is 0 Å². The van der Waals surface area contributed by atoms with E-state index < -0.39 is 0 Å². The highest BCUT2D eigenvalue weighted by Gasteiger charge is 2.13. The fraction of sp³-hybridized carbons (Fsp3) is 0.0526. The lowest BCUT2D eigenvalue weighted by Gasteiger charge is -2.04. The molecule has 0 atom stereocenters. The predicted molar refractivity (Wildman–Crippen MR) is 83.9 cm³/mol. The van der Waals surface area contributed by atoms with Gasteiger partial charge >= 0.3 is 0 Å². The summed E-state index contributed by atoms with van der Waals surface area (Å²) in [6, 6.07) is 9.65. The first kappa shape index (κ1) is 7.30. The first-order chi connectivity index (χ1) is 11.9. The molecule has 96 valence electrons. The van der Waals surface area contributed by atoms with E-state index in [0.717, 1.165) is 21.9 Å². The van der Waals surface area contributed by atoms with Crippen molar-refractivity contribution in [1.82, 2.24) is 0 Å². The fourth-order valence-electron chi connectivity index (χ4n) is 2.63. The molecule has 0 N–H and O–H groups in total. The summed E-state index contributed by atoms with van der Waals surface area (Å²) in [6.07, 6.45) is 0. The van der Waals surface area contributed by atoms with Gasteiger partial charge in [-0.3, -0.25) is 0 Å². The van der Waals surface area contributed by atoms with E-state index in [-0.39, 0.29) is 35.8 Å². The van der Waals surface area contributed by atoms with E-state index in [1.165, 1.54) is 0 Å². The minimum absolute atomic E-state index is 0.197. The Hall–Kier alpha value is -2.54. The minimum atomic E-state index is -0.390. The number of benzene rings is 3. The zero-order valence-electron chi connectivity index (χ0n) is 15.9. The number of hydrogen-bond acceptors (Lipinski definition) is 1. The van der Waals surface area contributed by atoms with Crippen molar-refractivity contribution in [3.05, 3.63) is 72.2 Å². The molecule has 0 unspecified atom stereocenters. The molecule has 0 bridgehead atoms. The summed E-state index contributed by atoms with van der Waals surface area (Å²) in [5, 5.41) is 1.68. The maximum atomic E-state index is 8.26. The van der Waals surface area contributed by atoms with Crippen LogP contribution in [-0.4, -0.2) is 0 Å². The van der Waals surface area contributed by atoms with Crippen molar-refractivity contribution in [1.29, 1.82) is 0 Å². The van der Waals surface area contributed by atoms with E-state index in [9.17, 15) is 0 Å². The highest BCUT2D eigenvalue weighted by molar-refractivity contribution is 6.13. The maximum Gasteiger partial charge on any atom is 0.136 e. The van der Waals surface area contributed by atoms with Gasteiger partial charge in [-0.15, -0.1) is 0 Å². The Morgan fingerprint density at radius 2 is 1.55 bits per heavy atom. The Morgan fingerprint density at radius 3 is 2.35 bits per heavy atom. The molecule has 0 amide bonds. The molecule has 4 aromatic rings. The van der Waals surface area contributed by atoms with Gasteiger partial charge in [-0.25, -0.2) is 0 Å². The molecule has 1 aromatic heterocycles. The Kier molecular flexibility index (Phi) is 1.55. The van der Waals surface area contributed by atoms with Crippen LogP contribution < -0.4 is 0 Å². The second-order valence-electron chi connectivity index (χ2n) is 4.73. The quantitative estimate of drug-likeness (QED) is 0.438. The average molecular weight is 263 g/mol. The standard InChI is InChI=1S/C19H14O/c1-13-7-5-11-16-18(13)19-15(10-6-12-17(19)20-16)14-8-3-2-4-9-14/h2-12H,1H3/i2D,3D,4D,8D,9D. The van der Waals surface area contributed by atoms with Crippen molar-refractivity contribution in [2.75, 3.05) is 0 Å². The number of aryl methyl sites for hydroxylation is 1.